The van der Waals surface area contributed by atoms with Crippen molar-refractivity contribution in [1.82, 2.24) is 5.32 Å². The molecule has 0 heterocycles. The molecule has 3 N–H and O–H groups in total. The Kier molecular flexibility index (Phi) is 8.01. The van der Waals surface area contributed by atoms with Gasteiger partial charge >= 0.3 is 11.9 Å². The summed E-state index contributed by atoms with van der Waals surface area (Å²) in [6, 6.07) is 16.7. The minimum Gasteiger partial charge on any atom is -0.497 e. The van der Waals surface area contributed by atoms with Crippen LogP contribution in [0.4, 0.5) is 0 Å². The van der Waals surface area contributed by atoms with E-state index < -0.39 is 11.9 Å². The third kappa shape index (κ3) is 7.42. The molecular weight excluding hydrogens is 310 g/mol. The molecule has 0 fully saturated rings. The molecule has 6 nitrogen and oxygen atoms in total. The monoisotopic (exact) mass is 331 g/mol. The normalized spacial score (nSPS) is 9.58. The van der Waals surface area contributed by atoms with Crippen molar-refractivity contribution in [3.05, 3.63) is 65.2 Å². The predicted octanol–water partition coefficient (Wildman–Crippen LogP) is 2.45. The van der Waals surface area contributed by atoms with Crippen LogP contribution < -0.4 is 10.1 Å². The molecule has 2 aromatic rings. The van der Waals surface area contributed by atoms with Gasteiger partial charge in [0.1, 0.15) is 5.75 Å². The average Bonchev–Trinajstić information content (AvgIpc) is 2.56. The molecule has 0 atom stereocenters. The zero-order valence-electron chi connectivity index (χ0n) is 13.7. The maximum absolute atomic E-state index is 9.10. The molecule has 0 unspecified atom stereocenters. The summed E-state index contributed by atoms with van der Waals surface area (Å²) >= 11 is 0. The summed E-state index contributed by atoms with van der Waals surface area (Å²) in [6.45, 7) is 3.89. The fourth-order valence-electron chi connectivity index (χ4n) is 1.92. The Bertz CT molecular complexity index is 655. The zero-order valence-corrected chi connectivity index (χ0v) is 13.7. The lowest BCUT2D eigenvalue weighted by atomic mass is 10.1. The number of aliphatic carboxylic acids is 2. The molecule has 0 aromatic heterocycles. The van der Waals surface area contributed by atoms with Crippen LogP contribution in [0.5, 0.6) is 5.75 Å². The summed E-state index contributed by atoms with van der Waals surface area (Å²) in [5, 5.41) is 18.2. The highest BCUT2D eigenvalue weighted by Gasteiger charge is 2.04. The van der Waals surface area contributed by atoms with Gasteiger partial charge in [0.2, 0.25) is 0 Å². The van der Waals surface area contributed by atoms with Gasteiger partial charge in [-0.15, -0.1) is 0 Å². The van der Waals surface area contributed by atoms with Gasteiger partial charge in [0, 0.05) is 13.1 Å². The van der Waals surface area contributed by atoms with Gasteiger partial charge < -0.3 is 20.3 Å². The lowest BCUT2D eigenvalue weighted by Gasteiger charge is -2.06. The van der Waals surface area contributed by atoms with E-state index in [0.717, 1.165) is 18.8 Å². The molecule has 2 aromatic carbocycles. The topological polar surface area (TPSA) is 95.9 Å². The largest absolute Gasteiger partial charge is 0.497 e. The van der Waals surface area contributed by atoms with E-state index in [9.17, 15) is 0 Å². The third-order valence-corrected chi connectivity index (χ3v) is 3.08. The Labute approximate surface area is 140 Å². The first kappa shape index (κ1) is 19.2. The molecule has 0 bridgehead atoms. The van der Waals surface area contributed by atoms with Crippen LogP contribution in [0.1, 0.15) is 16.7 Å². The number of nitrogens with one attached hydrogen (secondary N) is 1. The van der Waals surface area contributed by atoms with Gasteiger partial charge in [-0.3, -0.25) is 0 Å². The molecule has 24 heavy (non-hydrogen) atoms. The summed E-state index contributed by atoms with van der Waals surface area (Å²) in [5.74, 6) is -2.75. The van der Waals surface area contributed by atoms with E-state index in [0.29, 0.717) is 0 Å². The minimum absolute atomic E-state index is 0.873. The lowest BCUT2D eigenvalue weighted by molar-refractivity contribution is -0.159. The van der Waals surface area contributed by atoms with Crippen molar-refractivity contribution in [2.45, 2.75) is 20.0 Å². The van der Waals surface area contributed by atoms with Crippen LogP contribution >= 0.6 is 0 Å². The van der Waals surface area contributed by atoms with Crippen molar-refractivity contribution in [1.29, 1.82) is 0 Å². The molecule has 0 saturated heterocycles. The lowest BCUT2D eigenvalue weighted by Crippen LogP contribution is -2.12. The summed E-state index contributed by atoms with van der Waals surface area (Å²) in [5.41, 5.74) is 3.89. The second-order valence-corrected chi connectivity index (χ2v) is 5.05. The van der Waals surface area contributed by atoms with E-state index in [1.165, 1.54) is 16.7 Å². The molecule has 0 radical (unpaired) electrons. The molecule has 0 aliphatic carbocycles. The van der Waals surface area contributed by atoms with Gasteiger partial charge in [-0.25, -0.2) is 9.59 Å². The number of ether oxygens (including phenoxy) is 1. The Morgan fingerprint density at radius 3 is 2.04 bits per heavy atom. The van der Waals surface area contributed by atoms with E-state index in [4.69, 9.17) is 24.5 Å². The number of rotatable bonds is 5. The van der Waals surface area contributed by atoms with Gasteiger partial charge in [-0.05, 0) is 30.2 Å². The summed E-state index contributed by atoms with van der Waals surface area (Å²) in [7, 11) is 1.69. The first-order valence-corrected chi connectivity index (χ1v) is 7.27. The Morgan fingerprint density at radius 1 is 0.958 bits per heavy atom. The molecule has 2 rings (SSSR count). The molecule has 6 heteroatoms. The highest BCUT2D eigenvalue weighted by Crippen LogP contribution is 2.11. The van der Waals surface area contributed by atoms with Crippen LogP contribution in [0.15, 0.2) is 48.5 Å². The first-order chi connectivity index (χ1) is 11.4. The van der Waals surface area contributed by atoms with Crippen molar-refractivity contribution in [2.24, 2.45) is 0 Å². The average molecular weight is 331 g/mol. The Morgan fingerprint density at radius 2 is 1.54 bits per heavy atom. The van der Waals surface area contributed by atoms with Gasteiger partial charge in [0.15, 0.2) is 0 Å². The smallest absolute Gasteiger partial charge is 0.414 e. The highest BCUT2D eigenvalue weighted by atomic mass is 16.5. The molecule has 0 amide bonds. The van der Waals surface area contributed by atoms with Crippen molar-refractivity contribution >= 4 is 11.9 Å². The number of aryl methyl sites for hydroxylation is 1. The number of hydrogen-bond acceptors (Lipinski definition) is 4. The van der Waals surface area contributed by atoms with Crippen LogP contribution in [0.25, 0.3) is 0 Å². The molecule has 0 saturated carbocycles. The first-order valence-electron chi connectivity index (χ1n) is 7.27. The fraction of sp³-hybridized carbons (Fsp3) is 0.222. The number of hydrogen-bond donors (Lipinski definition) is 3. The van der Waals surface area contributed by atoms with E-state index >= 15 is 0 Å². The number of carbonyl (C=O) groups is 2. The molecule has 0 aliphatic rings. The van der Waals surface area contributed by atoms with Crippen LogP contribution in [-0.2, 0) is 22.7 Å². The quantitative estimate of drug-likeness (QED) is 0.728. The van der Waals surface area contributed by atoms with Crippen LogP contribution in [-0.4, -0.2) is 29.3 Å². The third-order valence-electron chi connectivity index (χ3n) is 3.08. The molecule has 0 aliphatic heterocycles. The van der Waals surface area contributed by atoms with Crippen molar-refractivity contribution < 1.29 is 24.5 Å². The molecule has 128 valence electrons. The van der Waals surface area contributed by atoms with E-state index in [1.54, 1.807) is 7.11 Å². The SMILES string of the molecule is COc1ccc(CNCc2cccc(C)c2)cc1.O=C(O)C(=O)O. The predicted molar refractivity (Wildman–Crippen MR) is 90.0 cm³/mol. The summed E-state index contributed by atoms with van der Waals surface area (Å²) < 4.78 is 5.14. The second kappa shape index (κ2) is 10.0. The van der Waals surface area contributed by atoms with Gasteiger partial charge in [-0.2, -0.15) is 0 Å². The summed E-state index contributed by atoms with van der Waals surface area (Å²) in [6.07, 6.45) is 0. The highest BCUT2D eigenvalue weighted by molar-refractivity contribution is 6.27. The summed E-state index contributed by atoms with van der Waals surface area (Å²) in [4.78, 5) is 18.2. The maximum Gasteiger partial charge on any atom is 0.414 e. The number of benzene rings is 2. The van der Waals surface area contributed by atoms with Crippen molar-refractivity contribution in [3.8, 4) is 5.75 Å². The fourth-order valence-corrected chi connectivity index (χ4v) is 1.92. The Balaban J connectivity index is 0.000000413. The van der Waals surface area contributed by atoms with Crippen LogP contribution in [0, 0.1) is 6.92 Å². The molecular formula is C18H21NO5. The van der Waals surface area contributed by atoms with Crippen molar-refractivity contribution in [3.63, 3.8) is 0 Å². The van der Waals surface area contributed by atoms with Crippen LogP contribution in [0.2, 0.25) is 0 Å². The second-order valence-electron chi connectivity index (χ2n) is 5.05. The maximum atomic E-state index is 9.10. The minimum atomic E-state index is -1.82. The van der Waals surface area contributed by atoms with Gasteiger partial charge in [0.25, 0.3) is 0 Å². The van der Waals surface area contributed by atoms with E-state index in [2.05, 4.69) is 48.6 Å². The van der Waals surface area contributed by atoms with Crippen LogP contribution in [0.3, 0.4) is 0 Å². The van der Waals surface area contributed by atoms with E-state index in [1.807, 2.05) is 12.1 Å². The number of methoxy groups -OCH3 is 1. The number of carboxylic acid groups (broad SMARTS) is 2. The number of carboxylic acids is 2. The van der Waals surface area contributed by atoms with Gasteiger partial charge in [0.05, 0.1) is 7.11 Å². The van der Waals surface area contributed by atoms with Gasteiger partial charge in [-0.1, -0.05) is 42.0 Å². The Hall–Kier alpha value is -2.86. The molecule has 0 spiro atoms. The van der Waals surface area contributed by atoms with Crippen molar-refractivity contribution in [2.75, 3.05) is 7.11 Å². The zero-order chi connectivity index (χ0) is 17.9. The van der Waals surface area contributed by atoms with E-state index in [-0.39, 0.29) is 0 Å². The standard InChI is InChI=1S/C16H19NO.C2H2O4/c1-13-4-3-5-15(10-13)12-17-11-14-6-8-16(18-2)9-7-14;3-1(4)2(5)6/h3-10,17H,11-12H2,1-2H3;(H,3,4)(H,5,6).